The molecule has 0 saturated carbocycles. The number of hydrogen-bond acceptors (Lipinski definition) is 3. The fraction of sp³-hybridized carbons (Fsp3) is 0.529. The molecule has 112 valence electrons. The van der Waals surface area contributed by atoms with Crippen LogP contribution < -0.4 is 15.2 Å². The second kappa shape index (κ2) is 9.43. The van der Waals surface area contributed by atoms with Gasteiger partial charge in [0.1, 0.15) is 0 Å². The summed E-state index contributed by atoms with van der Waals surface area (Å²) in [6.07, 6.45) is 7.27. The van der Waals surface area contributed by atoms with E-state index in [1.54, 1.807) is 7.11 Å². The van der Waals surface area contributed by atoms with Crippen LogP contribution in [0.3, 0.4) is 0 Å². The van der Waals surface area contributed by atoms with E-state index < -0.39 is 0 Å². The summed E-state index contributed by atoms with van der Waals surface area (Å²) in [5.41, 5.74) is 7.02. The van der Waals surface area contributed by atoms with E-state index in [9.17, 15) is 0 Å². The largest absolute Gasteiger partial charge is 0.493 e. The Kier molecular flexibility index (Phi) is 7.81. The molecule has 1 unspecified atom stereocenters. The van der Waals surface area contributed by atoms with E-state index >= 15 is 0 Å². The minimum atomic E-state index is 0.148. The monoisotopic (exact) mass is 277 g/mol. The van der Waals surface area contributed by atoms with E-state index in [0.717, 1.165) is 43.8 Å². The van der Waals surface area contributed by atoms with Gasteiger partial charge in [-0.2, -0.15) is 0 Å². The zero-order chi connectivity index (χ0) is 14.8. The maximum atomic E-state index is 5.84. The van der Waals surface area contributed by atoms with Crippen molar-refractivity contribution in [3.05, 3.63) is 36.4 Å². The first-order valence-corrected chi connectivity index (χ1v) is 7.33. The van der Waals surface area contributed by atoms with Gasteiger partial charge in [-0.1, -0.05) is 12.1 Å². The van der Waals surface area contributed by atoms with Gasteiger partial charge in [-0.05, 0) is 56.7 Å². The Hall–Kier alpha value is -1.48. The number of unbranched alkanes of at least 4 members (excludes halogenated alkanes) is 3. The van der Waals surface area contributed by atoms with Crippen LogP contribution in [0.1, 0.15) is 38.2 Å². The predicted molar refractivity (Wildman–Crippen MR) is 84.5 cm³/mol. The molecule has 3 nitrogen and oxygen atoms in total. The average Bonchev–Trinajstić information content (AvgIpc) is 2.42. The van der Waals surface area contributed by atoms with Crippen LogP contribution in [0.4, 0.5) is 0 Å². The molecule has 0 amide bonds. The summed E-state index contributed by atoms with van der Waals surface area (Å²) in [6.45, 7) is 6.45. The number of ether oxygens (including phenoxy) is 2. The van der Waals surface area contributed by atoms with Crippen LogP contribution in [0.2, 0.25) is 0 Å². The van der Waals surface area contributed by atoms with Crippen molar-refractivity contribution in [2.75, 3.05) is 13.7 Å². The number of rotatable bonds is 10. The zero-order valence-corrected chi connectivity index (χ0v) is 12.7. The van der Waals surface area contributed by atoms with Gasteiger partial charge in [-0.3, -0.25) is 0 Å². The third kappa shape index (κ3) is 6.11. The van der Waals surface area contributed by atoms with Crippen molar-refractivity contribution in [1.82, 2.24) is 0 Å². The second-order valence-corrected chi connectivity index (χ2v) is 5.15. The molecule has 20 heavy (non-hydrogen) atoms. The molecule has 0 aliphatic rings. The molecule has 0 fully saturated rings. The summed E-state index contributed by atoms with van der Waals surface area (Å²) in [7, 11) is 1.66. The van der Waals surface area contributed by atoms with Crippen molar-refractivity contribution in [1.29, 1.82) is 0 Å². The molecule has 0 radical (unpaired) electrons. The Bertz CT molecular complexity index is 402. The van der Waals surface area contributed by atoms with E-state index in [4.69, 9.17) is 15.2 Å². The topological polar surface area (TPSA) is 44.5 Å². The molecule has 3 heteroatoms. The number of hydrogen-bond donors (Lipinski definition) is 1. The first kappa shape index (κ1) is 16.6. The fourth-order valence-corrected chi connectivity index (χ4v) is 2.08. The smallest absolute Gasteiger partial charge is 0.161 e. The van der Waals surface area contributed by atoms with Gasteiger partial charge in [0, 0.05) is 6.04 Å². The summed E-state index contributed by atoms with van der Waals surface area (Å²) in [6, 6.07) is 6.17. The standard InChI is InChI=1S/C17H27NO2/c1-4-5-6-7-8-11-20-17-13-15(12-14(2)18)9-10-16(17)19-3/h4,9-10,13-14H,1,5-8,11-12,18H2,2-3H3. The first-order chi connectivity index (χ1) is 9.67. The Morgan fingerprint density at radius 3 is 2.70 bits per heavy atom. The molecule has 0 spiro atoms. The third-order valence-electron chi connectivity index (χ3n) is 3.10. The lowest BCUT2D eigenvalue weighted by Crippen LogP contribution is -2.17. The van der Waals surface area contributed by atoms with E-state index in [2.05, 4.69) is 6.58 Å². The van der Waals surface area contributed by atoms with Crippen LogP contribution in [0.25, 0.3) is 0 Å². The van der Waals surface area contributed by atoms with Crippen LogP contribution in [0, 0.1) is 0 Å². The van der Waals surface area contributed by atoms with Crippen molar-refractivity contribution in [3.8, 4) is 11.5 Å². The normalized spacial score (nSPS) is 11.9. The van der Waals surface area contributed by atoms with Gasteiger partial charge >= 0.3 is 0 Å². The maximum absolute atomic E-state index is 5.84. The van der Waals surface area contributed by atoms with Crippen LogP contribution in [0.5, 0.6) is 11.5 Å². The molecule has 0 aromatic heterocycles. The van der Waals surface area contributed by atoms with Gasteiger partial charge in [-0.15, -0.1) is 6.58 Å². The average molecular weight is 277 g/mol. The summed E-state index contributed by atoms with van der Waals surface area (Å²) in [4.78, 5) is 0. The molecule has 0 bridgehead atoms. The molecule has 2 N–H and O–H groups in total. The molecule has 1 atom stereocenters. The second-order valence-electron chi connectivity index (χ2n) is 5.15. The van der Waals surface area contributed by atoms with Crippen LogP contribution >= 0.6 is 0 Å². The van der Waals surface area contributed by atoms with Gasteiger partial charge in [0.05, 0.1) is 13.7 Å². The molecule has 0 aliphatic carbocycles. The molecular weight excluding hydrogens is 250 g/mol. The summed E-state index contributed by atoms with van der Waals surface area (Å²) in [5, 5.41) is 0. The van der Waals surface area contributed by atoms with Crippen LogP contribution in [-0.4, -0.2) is 19.8 Å². The lowest BCUT2D eigenvalue weighted by atomic mass is 10.1. The highest BCUT2D eigenvalue weighted by molar-refractivity contribution is 5.43. The Labute approximate surface area is 122 Å². The number of methoxy groups -OCH3 is 1. The lowest BCUT2D eigenvalue weighted by Gasteiger charge is -2.13. The minimum absolute atomic E-state index is 0.148. The number of allylic oxidation sites excluding steroid dienone is 1. The minimum Gasteiger partial charge on any atom is -0.493 e. The van der Waals surface area contributed by atoms with Crippen molar-refractivity contribution >= 4 is 0 Å². The number of benzene rings is 1. The highest BCUT2D eigenvalue weighted by atomic mass is 16.5. The van der Waals surface area contributed by atoms with Crippen molar-refractivity contribution in [3.63, 3.8) is 0 Å². The van der Waals surface area contributed by atoms with Crippen LogP contribution in [-0.2, 0) is 6.42 Å². The van der Waals surface area contributed by atoms with E-state index in [-0.39, 0.29) is 6.04 Å². The highest BCUT2D eigenvalue weighted by Crippen LogP contribution is 2.28. The van der Waals surface area contributed by atoms with Gasteiger partial charge in [-0.25, -0.2) is 0 Å². The Balaban J connectivity index is 2.50. The van der Waals surface area contributed by atoms with E-state index in [1.807, 2.05) is 31.2 Å². The summed E-state index contributed by atoms with van der Waals surface area (Å²) in [5.74, 6) is 1.60. The molecule has 0 heterocycles. The third-order valence-corrected chi connectivity index (χ3v) is 3.10. The van der Waals surface area contributed by atoms with Crippen LogP contribution in [0.15, 0.2) is 30.9 Å². The number of nitrogens with two attached hydrogens (primary N) is 1. The van der Waals surface area contributed by atoms with E-state index in [0.29, 0.717) is 0 Å². The van der Waals surface area contributed by atoms with Crippen molar-refractivity contribution in [2.24, 2.45) is 5.73 Å². The first-order valence-electron chi connectivity index (χ1n) is 7.33. The predicted octanol–water partition coefficient (Wildman–Crippen LogP) is 3.71. The fourth-order valence-electron chi connectivity index (χ4n) is 2.08. The van der Waals surface area contributed by atoms with Gasteiger partial charge in [0.15, 0.2) is 11.5 Å². The molecular formula is C17H27NO2. The van der Waals surface area contributed by atoms with Crippen molar-refractivity contribution < 1.29 is 9.47 Å². The molecule has 0 aliphatic heterocycles. The summed E-state index contributed by atoms with van der Waals surface area (Å²) >= 11 is 0. The zero-order valence-electron chi connectivity index (χ0n) is 12.7. The Morgan fingerprint density at radius 1 is 1.25 bits per heavy atom. The molecule has 1 rings (SSSR count). The SMILES string of the molecule is C=CCCCCCOc1cc(CC(C)N)ccc1OC. The highest BCUT2D eigenvalue weighted by Gasteiger charge is 2.07. The van der Waals surface area contributed by atoms with E-state index in [1.165, 1.54) is 12.0 Å². The lowest BCUT2D eigenvalue weighted by molar-refractivity contribution is 0.285. The van der Waals surface area contributed by atoms with Gasteiger partial charge in [0.2, 0.25) is 0 Å². The van der Waals surface area contributed by atoms with Gasteiger partial charge < -0.3 is 15.2 Å². The molecule has 0 saturated heterocycles. The Morgan fingerprint density at radius 2 is 2.05 bits per heavy atom. The molecule has 1 aromatic rings. The molecule has 1 aromatic carbocycles. The van der Waals surface area contributed by atoms with Crippen molar-refractivity contribution in [2.45, 2.75) is 45.1 Å². The van der Waals surface area contributed by atoms with Gasteiger partial charge in [0.25, 0.3) is 0 Å². The quantitative estimate of drug-likeness (QED) is 0.524. The maximum Gasteiger partial charge on any atom is 0.161 e. The summed E-state index contributed by atoms with van der Waals surface area (Å²) < 4.78 is 11.2.